The molecular weight excluding hydrogens is 214 g/mol. The summed E-state index contributed by atoms with van der Waals surface area (Å²) in [6.07, 6.45) is 5.22. The third kappa shape index (κ3) is 8.90. The molecule has 0 aromatic heterocycles. The molecule has 0 aliphatic carbocycles. The number of carbonyl (C=O) groups excluding carboxylic acids is 2. The highest BCUT2D eigenvalue weighted by molar-refractivity contribution is 5.81. The molecular formula is C14H27NO2. The highest BCUT2D eigenvalue weighted by Crippen LogP contribution is 2.12. The first-order valence-electron chi connectivity index (χ1n) is 6.68. The molecule has 0 rings (SSSR count). The zero-order valence-corrected chi connectivity index (χ0v) is 11.8. The summed E-state index contributed by atoms with van der Waals surface area (Å²) in [6, 6.07) is 0. The van der Waals surface area contributed by atoms with Crippen LogP contribution in [0.15, 0.2) is 0 Å². The maximum atomic E-state index is 11.5. The van der Waals surface area contributed by atoms with E-state index in [1.165, 1.54) is 0 Å². The van der Waals surface area contributed by atoms with Crippen LogP contribution in [0.4, 0.5) is 0 Å². The maximum Gasteiger partial charge on any atom is 0.225 e. The van der Waals surface area contributed by atoms with Gasteiger partial charge in [0, 0.05) is 24.8 Å². The summed E-state index contributed by atoms with van der Waals surface area (Å²) in [5.74, 6) is 0.434. The second-order valence-electron chi connectivity index (χ2n) is 5.61. The Balaban J connectivity index is 3.47. The van der Waals surface area contributed by atoms with Crippen molar-refractivity contribution >= 4 is 11.7 Å². The fourth-order valence-corrected chi connectivity index (χ4v) is 1.41. The fraction of sp³-hybridized carbons (Fsp3) is 0.857. The van der Waals surface area contributed by atoms with Gasteiger partial charge < -0.3 is 5.32 Å². The molecule has 0 saturated carbocycles. The monoisotopic (exact) mass is 241 g/mol. The van der Waals surface area contributed by atoms with E-state index in [0.29, 0.717) is 25.2 Å². The van der Waals surface area contributed by atoms with Gasteiger partial charge in [-0.05, 0) is 19.3 Å². The van der Waals surface area contributed by atoms with Gasteiger partial charge in [-0.1, -0.05) is 34.1 Å². The number of carbonyl (C=O) groups is 2. The van der Waals surface area contributed by atoms with Gasteiger partial charge in [0.25, 0.3) is 0 Å². The number of hydrogen-bond donors (Lipinski definition) is 1. The summed E-state index contributed by atoms with van der Waals surface area (Å²) in [7, 11) is 0. The van der Waals surface area contributed by atoms with Crippen molar-refractivity contribution in [2.45, 2.75) is 66.2 Å². The summed E-state index contributed by atoms with van der Waals surface area (Å²) < 4.78 is 0. The molecule has 0 fully saturated rings. The summed E-state index contributed by atoms with van der Waals surface area (Å²) in [4.78, 5) is 22.9. The molecule has 1 amide bonds. The molecule has 0 aromatic rings. The largest absolute Gasteiger partial charge is 0.356 e. The molecule has 0 unspecified atom stereocenters. The second kappa shape index (κ2) is 8.26. The second-order valence-corrected chi connectivity index (χ2v) is 5.61. The summed E-state index contributed by atoms with van der Waals surface area (Å²) in [5.41, 5.74) is -0.322. The minimum Gasteiger partial charge on any atom is -0.356 e. The topological polar surface area (TPSA) is 46.2 Å². The van der Waals surface area contributed by atoms with E-state index in [-0.39, 0.29) is 11.3 Å². The smallest absolute Gasteiger partial charge is 0.225 e. The number of ketones is 1. The molecule has 0 aliphatic rings. The molecule has 0 spiro atoms. The predicted molar refractivity (Wildman–Crippen MR) is 70.8 cm³/mol. The molecule has 0 atom stereocenters. The Morgan fingerprint density at radius 2 is 1.59 bits per heavy atom. The lowest BCUT2D eigenvalue weighted by molar-refractivity contribution is -0.128. The van der Waals surface area contributed by atoms with Gasteiger partial charge in [-0.2, -0.15) is 0 Å². The SMILES string of the molecule is CCCCC(=O)CCCCNC(=O)C(C)(C)C. The van der Waals surface area contributed by atoms with Crippen LogP contribution in [0.5, 0.6) is 0 Å². The van der Waals surface area contributed by atoms with E-state index in [0.717, 1.165) is 25.7 Å². The lowest BCUT2D eigenvalue weighted by Crippen LogP contribution is -2.35. The molecule has 0 saturated heterocycles. The summed E-state index contributed by atoms with van der Waals surface area (Å²) in [6.45, 7) is 8.47. The molecule has 3 nitrogen and oxygen atoms in total. The molecule has 0 heterocycles. The number of nitrogens with one attached hydrogen (secondary N) is 1. The van der Waals surface area contributed by atoms with Crippen molar-refractivity contribution in [2.24, 2.45) is 5.41 Å². The standard InChI is InChI=1S/C14H27NO2/c1-5-6-9-12(16)10-7-8-11-15-13(17)14(2,3)4/h5-11H2,1-4H3,(H,15,17). The van der Waals surface area contributed by atoms with Crippen LogP contribution >= 0.6 is 0 Å². The molecule has 1 N–H and O–H groups in total. The predicted octanol–water partition coefficient (Wildman–Crippen LogP) is 3.08. The van der Waals surface area contributed by atoms with Crippen LogP contribution in [0.2, 0.25) is 0 Å². The average Bonchev–Trinajstić information content (AvgIpc) is 2.24. The van der Waals surface area contributed by atoms with Gasteiger partial charge in [0.15, 0.2) is 0 Å². The fourth-order valence-electron chi connectivity index (χ4n) is 1.41. The first kappa shape index (κ1) is 16.1. The Morgan fingerprint density at radius 3 is 2.12 bits per heavy atom. The highest BCUT2D eigenvalue weighted by atomic mass is 16.2. The van der Waals surface area contributed by atoms with Crippen LogP contribution in [0.3, 0.4) is 0 Å². The van der Waals surface area contributed by atoms with Gasteiger partial charge in [0.1, 0.15) is 5.78 Å². The molecule has 0 radical (unpaired) electrons. The lowest BCUT2D eigenvalue weighted by Gasteiger charge is -2.17. The third-order valence-corrected chi connectivity index (χ3v) is 2.66. The van der Waals surface area contributed by atoms with Crippen molar-refractivity contribution in [1.82, 2.24) is 5.32 Å². The number of unbranched alkanes of at least 4 members (excludes halogenated alkanes) is 2. The molecule has 0 aromatic carbocycles. The van der Waals surface area contributed by atoms with E-state index in [4.69, 9.17) is 0 Å². The quantitative estimate of drug-likeness (QED) is 0.664. The third-order valence-electron chi connectivity index (χ3n) is 2.66. The Labute approximate surface area is 105 Å². The number of amides is 1. The van der Waals surface area contributed by atoms with E-state index in [1.54, 1.807) is 0 Å². The molecule has 0 bridgehead atoms. The number of Topliss-reactive ketones (excluding diaryl/α,β-unsaturated/α-hetero) is 1. The Kier molecular flexibility index (Phi) is 7.85. The van der Waals surface area contributed by atoms with Crippen LogP contribution in [0.25, 0.3) is 0 Å². The summed E-state index contributed by atoms with van der Waals surface area (Å²) in [5, 5.41) is 2.89. The van der Waals surface area contributed by atoms with Gasteiger partial charge >= 0.3 is 0 Å². The molecule has 17 heavy (non-hydrogen) atoms. The lowest BCUT2D eigenvalue weighted by atomic mass is 9.95. The van der Waals surface area contributed by atoms with E-state index in [2.05, 4.69) is 12.2 Å². The Hall–Kier alpha value is -0.860. The first-order chi connectivity index (χ1) is 7.88. The van der Waals surface area contributed by atoms with Crippen LogP contribution in [0.1, 0.15) is 66.2 Å². The zero-order chi connectivity index (χ0) is 13.3. The van der Waals surface area contributed by atoms with Crippen LogP contribution in [-0.4, -0.2) is 18.2 Å². The Morgan fingerprint density at radius 1 is 1.00 bits per heavy atom. The van der Waals surface area contributed by atoms with Crippen molar-refractivity contribution in [1.29, 1.82) is 0 Å². The maximum absolute atomic E-state index is 11.5. The minimum absolute atomic E-state index is 0.0785. The molecule has 100 valence electrons. The molecule has 0 aliphatic heterocycles. The van der Waals surface area contributed by atoms with Crippen LogP contribution < -0.4 is 5.32 Å². The van der Waals surface area contributed by atoms with Crippen molar-refractivity contribution in [2.75, 3.05) is 6.54 Å². The van der Waals surface area contributed by atoms with Crippen molar-refractivity contribution in [3.05, 3.63) is 0 Å². The van der Waals surface area contributed by atoms with E-state index in [9.17, 15) is 9.59 Å². The Bertz CT molecular complexity index is 241. The zero-order valence-electron chi connectivity index (χ0n) is 11.8. The normalized spacial score (nSPS) is 11.3. The van der Waals surface area contributed by atoms with Gasteiger partial charge in [-0.3, -0.25) is 9.59 Å². The van der Waals surface area contributed by atoms with Crippen LogP contribution in [-0.2, 0) is 9.59 Å². The van der Waals surface area contributed by atoms with Crippen molar-refractivity contribution in [3.63, 3.8) is 0 Å². The van der Waals surface area contributed by atoms with Gasteiger partial charge in [0.05, 0.1) is 0 Å². The summed E-state index contributed by atoms with van der Waals surface area (Å²) >= 11 is 0. The number of rotatable bonds is 8. The van der Waals surface area contributed by atoms with Gasteiger partial charge in [-0.15, -0.1) is 0 Å². The van der Waals surface area contributed by atoms with E-state index >= 15 is 0 Å². The van der Waals surface area contributed by atoms with Crippen molar-refractivity contribution in [3.8, 4) is 0 Å². The van der Waals surface area contributed by atoms with E-state index in [1.807, 2.05) is 20.8 Å². The van der Waals surface area contributed by atoms with Gasteiger partial charge in [0.2, 0.25) is 5.91 Å². The highest BCUT2D eigenvalue weighted by Gasteiger charge is 2.20. The minimum atomic E-state index is -0.322. The number of hydrogen-bond acceptors (Lipinski definition) is 2. The first-order valence-corrected chi connectivity index (χ1v) is 6.68. The van der Waals surface area contributed by atoms with E-state index < -0.39 is 0 Å². The average molecular weight is 241 g/mol. The van der Waals surface area contributed by atoms with Crippen LogP contribution in [0, 0.1) is 5.41 Å². The van der Waals surface area contributed by atoms with Crippen molar-refractivity contribution < 1.29 is 9.59 Å². The molecule has 3 heteroatoms. The van der Waals surface area contributed by atoms with Gasteiger partial charge in [-0.25, -0.2) is 0 Å².